The van der Waals surface area contributed by atoms with Crippen molar-refractivity contribution in [2.75, 3.05) is 11.1 Å². The van der Waals surface area contributed by atoms with E-state index in [1.807, 2.05) is 67.6 Å². The van der Waals surface area contributed by atoms with E-state index in [2.05, 4.69) is 22.4 Å². The van der Waals surface area contributed by atoms with Crippen LogP contribution in [0.2, 0.25) is 0 Å². The lowest BCUT2D eigenvalue weighted by atomic mass is 10.0. The molecule has 0 radical (unpaired) electrons. The summed E-state index contributed by atoms with van der Waals surface area (Å²) in [4.78, 5) is 30.3. The molecule has 1 aromatic heterocycles. The van der Waals surface area contributed by atoms with Crippen molar-refractivity contribution in [3.8, 4) is 0 Å². The van der Waals surface area contributed by atoms with Crippen LogP contribution < -0.4 is 10.9 Å². The third-order valence-corrected chi connectivity index (χ3v) is 6.11. The van der Waals surface area contributed by atoms with Crippen LogP contribution in [0.4, 0.5) is 5.69 Å². The summed E-state index contributed by atoms with van der Waals surface area (Å²) in [5.41, 5.74) is 3.64. The number of rotatable bonds is 8. The Hall–Kier alpha value is -3.38. The molecule has 0 aliphatic rings. The fourth-order valence-electron chi connectivity index (χ4n) is 3.61. The van der Waals surface area contributed by atoms with Crippen molar-refractivity contribution in [1.82, 2.24) is 9.55 Å². The molecule has 32 heavy (non-hydrogen) atoms. The van der Waals surface area contributed by atoms with Crippen LogP contribution in [-0.4, -0.2) is 21.2 Å². The Morgan fingerprint density at radius 3 is 2.50 bits per heavy atom. The van der Waals surface area contributed by atoms with Gasteiger partial charge in [0.2, 0.25) is 5.91 Å². The van der Waals surface area contributed by atoms with E-state index >= 15 is 0 Å². The number of fused-ring (bicyclic) bond motifs is 1. The molecule has 0 aliphatic heterocycles. The average Bonchev–Trinajstić information content (AvgIpc) is 2.82. The van der Waals surface area contributed by atoms with E-state index in [0.717, 1.165) is 24.1 Å². The van der Waals surface area contributed by atoms with Gasteiger partial charge in [0.25, 0.3) is 5.56 Å². The zero-order chi connectivity index (χ0) is 22.3. The number of nitrogens with zero attached hydrogens (tertiary/aromatic N) is 2. The number of hydrogen-bond acceptors (Lipinski definition) is 4. The third kappa shape index (κ3) is 5.08. The molecule has 4 rings (SSSR count). The van der Waals surface area contributed by atoms with Crippen LogP contribution in [0.25, 0.3) is 10.9 Å². The van der Waals surface area contributed by atoms with Crippen molar-refractivity contribution in [3.05, 3.63) is 100 Å². The quantitative estimate of drug-likeness (QED) is 0.303. The average molecular weight is 444 g/mol. The predicted octanol–water partition coefficient (Wildman–Crippen LogP) is 5.13. The van der Waals surface area contributed by atoms with E-state index in [0.29, 0.717) is 22.6 Å². The molecule has 0 fully saturated rings. The van der Waals surface area contributed by atoms with Crippen LogP contribution >= 0.6 is 11.8 Å². The Kier molecular flexibility index (Phi) is 7.02. The van der Waals surface area contributed by atoms with Crippen molar-refractivity contribution < 1.29 is 4.79 Å². The molecule has 5 nitrogen and oxygen atoms in total. The van der Waals surface area contributed by atoms with Gasteiger partial charge in [0.15, 0.2) is 5.16 Å². The highest BCUT2D eigenvalue weighted by atomic mass is 32.2. The zero-order valence-corrected chi connectivity index (χ0v) is 18.8. The van der Waals surface area contributed by atoms with Crippen LogP contribution in [0.1, 0.15) is 24.5 Å². The first-order valence-corrected chi connectivity index (χ1v) is 11.7. The molecule has 1 amide bonds. The number of nitrogens with one attached hydrogen (secondary N) is 1. The number of carbonyl (C=O) groups excluding carboxylic acids is 1. The first-order chi connectivity index (χ1) is 15.7. The highest BCUT2D eigenvalue weighted by molar-refractivity contribution is 7.99. The Labute approximate surface area is 191 Å². The van der Waals surface area contributed by atoms with Gasteiger partial charge in [-0.3, -0.25) is 14.2 Å². The molecule has 162 valence electrons. The summed E-state index contributed by atoms with van der Waals surface area (Å²) in [5.74, 6) is 0.0507. The van der Waals surface area contributed by atoms with E-state index < -0.39 is 0 Å². The second-order valence-electron chi connectivity index (χ2n) is 7.52. The minimum absolute atomic E-state index is 0.0615. The first kappa shape index (κ1) is 21.8. The monoisotopic (exact) mass is 443 g/mol. The van der Waals surface area contributed by atoms with Crippen LogP contribution in [0.3, 0.4) is 0 Å². The summed E-state index contributed by atoms with van der Waals surface area (Å²) in [6.07, 6.45) is 1.55. The summed E-state index contributed by atoms with van der Waals surface area (Å²) in [6.45, 7) is 2.59. The normalized spacial score (nSPS) is 10.9. The molecule has 0 unspecified atom stereocenters. The summed E-state index contributed by atoms with van der Waals surface area (Å²) >= 11 is 1.29. The number of thioether (sulfide) groups is 1. The highest BCUT2D eigenvalue weighted by Crippen LogP contribution is 2.21. The van der Waals surface area contributed by atoms with E-state index in [-0.39, 0.29) is 17.2 Å². The van der Waals surface area contributed by atoms with Gasteiger partial charge in [0.1, 0.15) is 0 Å². The van der Waals surface area contributed by atoms with Crippen molar-refractivity contribution in [3.63, 3.8) is 0 Å². The van der Waals surface area contributed by atoms with Crippen LogP contribution in [0, 0.1) is 0 Å². The van der Waals surface area contributed by atoms with Crippen molar-refractivity contribution in [2.24, 2.45) is 0 Å². The number of para-hydroxylation sites is 2. The minimum Gasteiger partial charge on any atom is -0.325 e. The first-order valence-electron chi connectivity index (χ1n) is 10.7. The van der Waals surface area contributed by atoms with Gasteiger partial charge in [0.05, 0.1) is 16.7 Å². The molecule has 1 N–H and O–H groups in total. The molecule has 1 heterocycles. The Morgan fingerprint density at radius 2 is 1.69 bits per heavy atom. The standard InChI is InChI=1S/C26H25N3O2S/c1-2-16-29-25(31)21-13-7-9-15-23(21)28-26(29)32-18-24(30)27-22-14-8-6-12-20(22)17-19-10-4-3-5-11-19/h3-15H,2,16-18H2,1H3,(H,27,30). The Bertz CT molecular complexity index is 1290. The van der Waals surface area contributed by atoms with Gasteiger partial charge in [-0.25, -0.2) is 4.98 Å². The number of anilines is 1. The van der Waals surface area contributed by atoms with Gasteiger partial charge in [-0.2, -0.15) is 0 Å². The smallest absolute Gasteiger partial charge is 0.262 e. The molecular formula is C26H25N3O2S. The van der Waals surface area contributed by atoms with Crippen LogP contribution in [-0.2, 0) is 17.8 Å². The number of benzene rings is 3. The molecule has 0 saturated heterocycles. The molecule has 3 aromatic carbocycles. The van der Waals surface area contributed by atoms with E-state index in [4.69, 9.17) is 0 Å². The van der Waals surface area contributed by atoms with E-state index in [9.17, 15) is 9.59 Å². The van der Waals surface area contributed by atoms with Crippen LogP contribution in [0.5, 0.6) is 0 Å². The summed E-state index contributed by atoms with van der Waals surface area (Å²) in [6, 6.07) is 25.3. The number of amides is 1. The minimum atomic E-state index is -0.124. The molecular weight excluding hydrogens is 418 g/mol. The molecule has 0 aliphatic carbocycles. The second-order valence-corrected chi connectivity index (χ2v) is 8.47. The van der Waals surface area contributed by atoms with Crippen molar-refractivity contribution in [2.45, 2.75) is 31.5 Å². The lowest BCUT2D eigenvalue weighted by molar-refractivity contribution is -0.113. The molecule has 0 saturated carbocycles. The second kappa shape index (κ2) is 10.3. The van der Waals surface area contributed by atoms with Gasteiger partial charge in [-0.05, 0) is 42.2 Å². The van der Waals surface area contributed by atoms with Crippen molar-refractivity contribution in [1.29, 1.82) is 0 Å². The van der Waals surface area contributed by atoms with Gasteiger partial charge in [-0.1, -0.05) is 79.3 Å². The largest absolute Gasteiger partial charge is 0.325 e. The molecule has 4 aromatic rings. The number of hydrogen-bond donors (Lipinski definition) is 1. The lowest BCUT2D eigenvalue weighted by Gasteiger charge is -2.13. The van der Waals surface area contributed by atoms with E-state index in [1.54, 1.807) is 10.6 Å². The van der Waals surface area contributed by atoms with Gasteiger partial charge >= 0.3 is 0 Å². The molecule has 0 bridgehead atoms. The van der Waals surface area contributed by atoms with Crippen molar-refractivity contribution >= 4 is 34.3 Å². The topological polar surface area (TPSA) is 64.0 Å². The lowest BCUT2D eigenvalue weighted by Crippen LogP contribution is -2.24. The predicted molar refractivity (Wildman–Crippen MR) is 131 cm³/mol. The zero-order valence-electron chi connectivity index (χ0n) is 18.0. The Balaban J connectivity index is 1.50. The van der Waals surface area contributed by atoms with Gasteiger partial charge < -0.3 is 5.32 Å². The maximum absolute atomic E-state index is 12.9. The van der Waals surface area contributed by atoms with Crippen LogP contribution in [0.15, 0.2) is 88.8 Å². The Morgan fingerprint density at radius 1 is 0.969 bits per heavy atom. The highest BCUT2D eigenvalue weighted by Gasteiger charge is 2.14. The maximum Gasteiger partial charge on any atom is 0.262 e. The van der Waals surface area contributed by atoms with Gasteiger partial charge in [-0.15, -0.1) is 0 Å². The molecule has 6 heteroatoms. The fraction of sp³-hybridized carbons (Fsp3) is 0.192. The fourth-order valence-corrected chi connectivity index (χ4v) is 4.43. The maximum atomic E-state index is 12.9. The molecule has 0 atom stereocenters. The number of carbonyl (C=O) groups is 1. The summed E-state index contributed by atoms with van der Waals surface area (Å²) in [5, 5.41) is 4.20. The summed E-state index contributed by atoms with van der Waals surface area (Å²) < 4.78 is 1.67. The van der Waals surface area contributed by atoms with Gasteiger partial charge in [0, 0.05) is 12.2 Å². The number of aromatic nitrogens is 2. The summed E-state index contributed by atoms with van der Waals surface area (Å²) in [7, 11) is 0. The SMILES string of the molecule is CCCn1c(SCC(=O)Nc2ccccc2Cc2ccccc2)nc2ccccc2c1=O. The molecule has 0 spiro atoms. The van der Waals surface area contributed by atoms with E-state index in [1.165, 1.54) is 17.3 Å². The third-order valence-electron chi connectivity index (χ3n) is 5.14.